The molecule has 0 radical (unpaired) electrons. The van der Waals surface area contributed by atoms with Gasteiger partial charge in [-0.3, -0.25) is 4.79 Å². The first-order valence-electron chi connectivity index (χ1n) is 4.49. The number of carbonyl (C=O) groups excluding carboxylic acids is 1. The molecule has 0 N–H and O–H groups in total. The number of hydrogen-bond donors (Lipinski definition) is 0. The van der Waals surface area contributed by atoms with E-state index in [9.17, 15) is 4.79 Å². The van der Waals surface area contributed by atoms with E-state index in [4.69, 9.17) is 12.2 Å². The SMILES string of the molecule is COC(=O)C(C)SC(=S)c1ccccc1. The Kier molecular flexibility index (Phi) is 4.78. The topological polar surface area (TPSA) is 26.3 Å². The number of rotatable bonds is 3. The van der Waals surface area contributed by atoms with Crippen LogP contribution in [-0.2, 0) is 9.53 Å². The molecule has 0 aliphatic rings. The monoisotopic (exact) mass is 240 g/mol. The van der Waals surface area contributed by atoms with Gasteiger partial charge in [-0.25, -0.2) is 0 Å². The van der Waals surface area contributed by atoms with Gasteiger partial charge in [0.1, 0.15) is 5.25 Å². The molecule has 80 valence electrons. The smallest absolute Gasteiger partial charge is 0.318 e. The number of benzene rings is 1. The molecule has 0 saturated heterocycles. The van der Waals surface area contributed by atoms with E-state index in [-0.39, 0.29) is 11.2 Å². The molecule has 0 spiro atoms. The maximum absolute atomic E-state index is 11.2. The van der Waals surface area contributed by atoms with Crippen LogP contribution in [-0.4, -0.2) is 22.5 Å². The lowest BCUT2D eigenvalue weighted by Crippen LogP contribution is -2.16. The molecule has 1 aromatic carbocycles. The minimum absolute atomic E-state index is 0.252. The average Bonchev–Trinajstić information content (AvgIpc) is 2.29. The van der Waals surface area contributed by atoms with Crippen molar-refractivity contribution < 1.29 is 9.53 Å². The molecule has 0 amide bonds. The lowest BCUT2D eigenvalue weighted by molar-refractivity contribution is -0.139. The summed E-state index contributed by atoms with van der Waals surface area (Å²) in [4.78, 5) is 11.2. The second-order valence-corrected chi connectivity index (χ2v) is 4.95. The fourth-order valence-electron chi connectivity index (χ4n) is 1.02. The highest BCUT2D eigenvalue weighted by Crippen LogP contribution is 2.19. The van der Waals surface area contributed by atoms with Crippen molar-refractivity contribution in [2.75, 3.05) is 7.11 Å². The first kappa shape index (κ1) is 12.2. The number of thiocarbonyl (C=S) groups is 1. The summed E-state index contributed by atoms with van der Waals surface area (Å²) in [5.41, 5.74) is 0.966. The second-order valence-electron chi connectivity index (χ2n) is 2.94. The third kappa shape index (κ3) is 3.64. The van der Waals surface area contributed by atoms with E-state index in [1.54, 1.807) is 6.92 Å². The zero-order chi connectivity index (χ0) is 11.3. The highest BCUT2D eigenvalue weighted by atomic mass is 32.2. The van der Waals surface area contributed by atoms with Crippen LogP contribution in [0.2, 0.25) is 0 Å². The molecule has 0 aliphatic heterocycles. The van der Waals surface area contributed by atoms with Crippen molar-refractivity contribution in [2.24, 2.45) is 0 Å². The Morgan fingerprint density at radius 3 is 2.53 bits per heavy atom. The zero-order valence-corrected chi connectivity index (χ0v) is 10.2. The molecule has 0 bridgehead atoms. The summed E-state index contributed by atoms with van der Waals surface area (Å²) in [5.74, 6) is -0.252. The van der Waals surface area contributed by atoms with Crippen molar-refractivity contribution in [1.29, 1.82) is 0 Å². The number of hydrogen-bond acceptors (Lipinski definition) is 4. The summed E-state index contributed by atoms with van der Waals surface area (Å²) in [6, 6.07) is 9.63. The van der Waals surface area contributed by atoms with Gasteiger partial charge in [-0.2, -0.15) is 0 Å². The molecule has 2 nitrogen and oxygen atoms in total. The van der Waals surface area contributed by atoms with Gasteiger partial charge in [0.05, 0.1) is 11.3 Å². The molecule has 0 aromatic heterocycles. The maximum atomic E-state index is 11.2. The van der Waals surface area contributed by atoms with Gasteiger partial charge in [-0.05, 0) is 12.5 Å². The summed E-state index contributed by atoms with van der Waals surface area (Å²) in [6.45, 7) is 1.78. The van der Waals surface area contributed by atoms with Crippen LogP contribution in [0.5, 0.6) is 0 Å². The Morgan fingerprint density at radius 2 is 2.00 bits per heavy atom. The normalized spacial score (nSPS) is 11.9. The van der Waals surface area contributed by atoms with E-state index >= 15 is 0 Å². The Hall–Kier alpha value is -0.870. The van der Waals surface area contributed by atoms with Crippen LogP contribution < -0.4 is 0 Å². The third-order valence-electron chi connectivity index (χ3n) is 1.83. The van der Waals surface area contributed by atoms with Crippen LogP contribution in [0.25, 0.3) is 0 Å². The summed E-state index contributed by atoms with van der Waals surface area (Å²) < 4.78 is 5.35. The van der Waals surface area contributed by atoms with Crippen LogP contribution >= 0.6 is 24.0 Å². The van der Waals surface area contributed by atoms with Gasteiger partial charge in [-0.15, -0.1) is 0 Å². The van der Waals surface area contributed by atoms with Gasteiger partial charge < -0.3 is 4.74 Å². The second kappa shape index (κ2) is 5.88. The van der Waals surface area contributed by atoms with E-state index in [0.717, 1.165) is 5.56 Å². The highest BCUT2D eigenvalue weighted by Gasteiger charge is 2.16. The third-order valence-corrected chi connectivity index (χ3v) is 3.35. The van der Waals surface area contributed by atoms with Crippen LogP contribution in [0.3, 0.4) is 0 Å². The van der Waals surface area contributed by atoms with Crippen LogP contribution in [0.15, 0.2) is 30.3 Å². The molecular weight excluding hydrogens is 228 g/mol. The Labute approximate surface area is 99.0 Å². The van der Waals surface area contributed by atoms with Crippen molar-refractivity contribution in [2.45, 2.75) is 12.2 Å². The quantitative estimate of drug-likeness (QED) is 0.599. The molecule has 1 aromatic rings. The van der Waals surface area contributed by atoms with Gasteiger partial charge in [-0.1, -0.05) is 54.3 Å². The Bertz CT molecular complexity index is 349. The number of thioether (sulfide) groups is 1. The predicted octanol–water partition coefficient (Wildman–Crippen LogP) is 2.66. The first-order valence-corrected chi connectivity index (χ1v) is 5.78. The predicted molar refractivity (Wildman–Crippen MR) is 67.2 cm³/mol. The molecule has 4 heteroatoms. The number of ether oxygens (including phenoxy) is 1. The molecule has 0 saturated carbocycles. The molecular formula is C11H12O2S2. The summed E-state index contributed by atoms with van der Waals surface area (Å²) in [5, 5.41) is -0.261. The van der Waals surface area contributed by atoms with Crippen LogP contribution in [0, 0.1) is 0 Å². The molecule has 15 heavy (non-hydrogen) atoms. The average molecular weight is 240 g/mol. The number of esters is 1. The minimum Gasteiger partial charge on any atom is -0.468 e. The fraction of sp³-hybridized carbons (Fsp3) is 0.273. The highest BCUT2D eigenvalue weighted by molar-refractivity contribution is 8.24. The molecule has 1 unspecified atom stereocenters. The largest absolute Gasteiger partial charge is 0.468 e. The summed E-state index contributed by atoms with van der Waals surface area (Å²) >= 11 is 6.56. The standard InChI is InChI=1S/C11H12O2S2/c1-8(10(12)13-2)15-11(14)9-6-4-3-5-7-9/h3-8H,1-2H3. The van der Waals surface area contributed by atoms with E-state index in [0.29, 0.717) is 4.20 Å². The molecule has 0 aliphatic carbocycles. The molecule has 0 fully saturated rings. The number of carbonyl (C=O) groups is 1. The van der Waals surface area contributed by atoms with Crippen LogP contribution in [0.4, 0.5) is 0 Å². The van der Waals surface area contributed by atoms with E-state index in [2.05, 4.69) is 4.74 Å². The van der Waals surface area contributed by atoms with Gasteiger partial charge in [0.2, 0.25) is 0 Å². The van der Waals surface area contributed by atoms with Gasteiger partial charge in [0.25, 0.3) is 0 Å². The van der Waals surface area contributed by atoms with Crippen molar-refractivity contribution >= 4 is 34.1 Å². The molecule has 1 rings (SSSR count). The molecule has 0 heterocycles. The fourth-order valence-corrected chi connectivity index (χ4v) is 2.37. The minimum atomic E-state index is -0.261. The Morgan fingerprint density at radius 1 is 1.40 bits per heavy atom. The van der Waals surface area contributed by atoms with Crippen molar-refractivity contribution in [3.05, 3.63) is 35.9 Å². The van der Waals surface area contributed by atoms with E-state index < -0.39 is 0 Å². The van der Waals surface area contributed by atoms with Gasteiger partial charge in [0, 0.05) is 0 Å². The summed E-state index contributed by atoms with van der Waals surface area (Å²) in [7, 11) is 1.38. The van der Waals surface area contributed by atoms with Crippen molar-refractivity contribution in [3.8, 4) is 0 Å². The number of methoxy groups -OCH3 is 1. The Balaban J connectivity index is 2.61. The first-order chi connectivity index (χ1) is 7.15. The zero-order valence-electron chi connectivity index (χ0n) is 8.60. The molecule has 1 atom stereocenters. The van der Waals surface area contributed by atoms with Gasteiger partial charge >= 0.3 is 5.97 Å². The van der Waals surface area contributed by atoms with Crippen LogP contribution in [0.1, 0.15) is 12.5 Å². The van der Waals surface area contributed by atoms with Gasteiger partial charge in [0.15, 0.2) is 0 Å². The lowest BCUT2D eigenvalue weighted by Gasteiger charge is -2.09. The summed E-state index contributed by atoms with van der Waals surface area (Å²) in [6.07, 6.45) is 0. The van der Waals surface area contributed by atoms with E-state index in [1.165, 1.54) is 18.9 Å². The lowest BCUT2D eigenvalue weighted by atomic mass is 10.2. The maximum Gasteiger partial charge on any atom is 0.318 e. The van der Waals surface area contributed by atoms with Crippen molar-refractivity contribution in [3.63, 3.8) is 0 Å². The van der Waals surface area contributed by atoms with E-state index in [1.807, 2.05) is 30.3 Å². The van der Waals surface area contributed by atoms with Crippen molar-refractivity contribution in [1.82, 2.24) is 0 Å².